The molecule has 0 rings (SSSR count). The Bertz CT molecular complexity index is 245. The van der Waals surface area contributed by atoms with Crippen LogP contribution in [-0.4, -0.2) is 25.2 Å². The molecule has 0 atom stereocenters. The number of hydrogen-bond acceptors (Lipinski definition) is 4. The van der Waals surface area contributed by atoms with E-state index in [0.717, 1.165) is 38.5 Å². The van der Waals surface area contributed by atoms with Crippen molar-refractivity contribution >= 4 is 11.9 Å². The highest BCUT2D eigenvalue weighted by molar-refractivity contribution is 5.99. The lowest BCUT2D eigenvalue weighted by molar-refractivity contribution is -0.169. The predicted molar refractivity (Wildman–Crippen MR) is 74.7 cm³/mol. The standard InChI is InChI=1S/C15H28O4/c1-5-7-9-11-18-13(16)15(3,4)14(17)19-12-10-8-6-2/h5-12H2,1-4H3. The van der Waals surface area contributed by atoms with Crippen molar-refractivity contribution < 1.29 is 19.1 Å². The van der Waals surface area contributed by atoms with Crippen molar-refractivity contribution in [3.05, 3.63) is 0 Å². The molecule has 4 heteroatoms. The average Bonchev–Trinajstić information content (AvgIpc) is 2.39. The van der Waals surface area contributed by atoms with E-state index in [2.05, 4.69) is 13.8 Å². The molecular weight excluding hydrogens is 244 g/mol. The summed E-state index contributed by atoms with van der Waals surface area (Å²) in [5, 5.41) is 0. The smallest absolute Gasteiger partial charge is 0.322 e. The molecule has 0 bridgehead atoms. The Hall–Kier alpha value is -1.06. The van der Waals surface area contributed by atoms with E-state index in [4.69, 9.17) is 9.47 Å². The first-order valence-electron chi connectivity index (χ1n) is 7.31. The van der Waals surface area contributed by atoms with Gasteiger partial charge in [0.05, 0.1) is 13.2 Å². The van der Waals surface area contributed by atoms with Crippen molar-refractivity contribution in [1.82, 2.24) is 0 Å². The van der Waals surface area contributed by atoms with Gasteiger partial charge in [-0.25, -0.2) is 0 Å². The van der Waals surface area contributed by atoms with E-state index in [1.807, 2.05) is 0 Å². The summed E-state index contributed by atoms with van der Waals surface area (Å²) in [6.07, 6.45) is 5.86. The molecule has 0 N–H and O–H groups in total. The first-order valence-corrected chi connectivity index (χ1v) is 7.31. The van der Waals surface area contributed by atoms with Crippen molar-refractivity contribution in [3.63, 3.8) is 0 Å². The van der Waals surface area contributed by atoms with Crippen LogP contribution in [0.5, 0.6) is 0 Å². The third-order valence-corrected chi connectivity index (χ3v) is 2.98. The number of hydrogen-bond donors (Lipinski definition) is 0. The van der Waals surface area contributed by atoms with Gasteiger partial charge < -0.3 is 9.47 Å². The highest BCUT2D eigenvalue weighted by atomic mass is 16.6. The van der Waals surface area contributed by atoms with Crippen molar-refractivity contribution in [1.29, 1.82) is 0 Å². The molecule has 19 heavy (non-hydrogen) atoms. The van der Waals surface area contributed by atoms with Crippen LogP contribution in [0.15, 0.2) is 0 Å². The largest absolute Gasteiger partial charge is 0.465 e. The summed E-state index contributed by atoms with van der Waals surface area (Å²) in [6.45, 7) is 8.02. The molecular formula is C15H28O4. The van der Waals surface area contributed by atoms with Crippen LogP contribution in [0.25, 0.3) is 0 Å². The van der Waals surface area contributed by atoms with Gasteiger partial charge in [0.15, 0.2) is 5.41 Å². The maximum atomic E-state index is 11.8. The zero-order chi connectivity index (χ0) is 14.7. The molecule has 0 aliphatic rings. The molecule has 0 aliphatic heterocycles. The third kappa shape index (κ3) is 7.19. The van der Waals surface area contributed by atoms with E-state index in [1.165, 1.54) is 0 Å². The molecule has 0 aromatic rings. The van der Waals surface area contributed by atoms with Gasteiger partial charge in [-0.3, -0.25) is 9.59 Å². The summed E-state index contributed by atoms with van der Waals surface area (Å²) >= 11 is 0. The molecule has 0 saturated heterocycles. The zero-order valence-corrected chi connectivity index (χ0v) is 12.8. The van der Waals surface area contributed by atoms with Crippen LogP contribution in [0.2, 0.25) is 0 Å². The van der Waals surface area contributed by atoms with Crippen LogP contribution >= 0.6 is 0 Å². The van der Waals surface area contributed by atoms with Gasteiger partial charge in [-0.2, -0.15) is 0 Å². The minimum atomic E-state index is -1.21. The number of rotatable bonds is 10. The van der Waals surface area contributed by atoms with Gasteiger partial charge in [0, 0.05) is 0 Å². The highest BCUT2D eigenvalue weighted by Gasteiger charge is 2.39. The molecule has 0 aromatic heterocycles. The average molecular weight is 272 g/mol. The van der Waals surface area contributed by atoms with Gasteiger partial charge in [-0.15, -0.1) is 0 Å². The Kier molecular flexibility index (Phi) is 9.27. The molecule has 0 aromatic carbocycles. The topological polar surface area (TPSA) is 52.6 Å². The molecule has 112 valence electrons. The first-order chi connectivity index (χ1) is 8.96. The lowest BCUT2D eigenvalue weighted by Crippen LogP contribution is -2.37. The molecule has 4 nitrogen and oxygen atoms in total. The van der Waals surface area contributed by atoms with E-state index in [-0.39, 0.29) is 0 Å². The second-order valence-corrected chi connectivity index (χ2v) is 5.31. The van der Waals surface area contributed by atoms with Crippen molar-refractivity contribution in [2.45, 2.75) is 66.2 Å². The number of carbonyl (C=O) groups is 2. The lowest BCUT2D eigenvalue weighted by atomic mass is 9.94. The molecule has 0 aliphatic carbocycles. The lowest BCUT2D eigenvalue weighted by Gasteiger charge is -2.20. The SMILES string of the molecule is CCCCCOC(=O)C(C)(C)C(=O)OCCCCC. The number of ether oxygens (including phenoxy) is 2. The maximum absolute atomic E-state index is 11.8. The van der Waals surface area contributed by atoms with Gasteiger partial charge >= 0.3 is 11.9 Å². The quantitative estimate of drug-likeness (QED) is 0.347. The summed E-state index contributed by atoms with van der Waals surface area (Å²) in [5.74, 6) is -0.992. The summed E-state index contributed by atoms with van der Waals surface area (Å²) in [5.41, 5.74) is -1.21. The highest BCUT2D eigenvalue weighted by Crippen LogP contribution is 2.20. The monoisotopic (exact) mass is 272 g/mol. The van der Waals surface area contributed by atoms with Gasteiger partial charge in [0.25, 0.3) is 0 Å². The molecule has 0 radical (unpaired) electrons. The van der Waals surface area contributed by atoms with E-state index in [1.54, 1.807) is 13.8 Å². The second kappa shape index (κ2) is 9.82. The normalized spacial score (nSPS) is 11.2. The molecule has 0 saturated carbocycles. The van der Waals surface area contributed by atoms with Crippen molar-refractivity contribution in [2.75, 3.05) is 13.2 Å². The summed E-state index contributed by atoms with van der Waals surface area (Å²) in [6, 6.07) is 0. The van der Waals surface area contributed by atoms with Crippen LogP contribution in [0, 0.1) is 5.41 Å². The Balaban J connectivity index is 4.04. The Labute approximate surface area is 116 Å². The zero-order valence-electron chi connectivity index (χ0n) is 12.8. The fourth-order valence-corrected chi connectivity index (χ4v) is 1.48. The van der Waals surface area contributed by atoms with Gasteiger partial charge in [-0.1, -0.05) is 39.5 Å². The summed E-state index contributed by atoms with van der Waals surface area (Å²) in [4.78, 5) is 23.7. The van der Waals surface area contributed by atoms with Crippen LogP contribution < -0.4 is 0 Å². The maximum Gasteiger partial charge on any atom is 0.322 e. The summed E-state index contributed by atoms with van der Waals surface area (Å²) in [7, 11) is 0. The Morgan fingerprint density at radius 2 is 1.16 bits per heavy atom. The second-order valence-electron chi connectivity index (χ2n) is 5.31. The molecule has 0 unspecified atom stereocenters. The molecule has 0 spiro atoms. The third-order valence-electron chi connectivity index (χ3n) is 2.98. The predicted octanol–water partition coefficient (Wildman–Crippen LogP) is 3.48. The van der Waals surface area contributed by atoms with E-state index in [0.29, 0.717) is 13.2 Å². The number of carbonyl (C=O) groups excluding carboxylic acids is 2. The minimum Gasteiger partial charge on any atom is -0.465 e. The van der Waals surface area contributed by atoms with E-state index in [9.17, 15) is 9.59 Å². The fraction of sp³-hybridized carbons (Fsp3) is 0.867. The number of unbranched alkanes of at least 4 members (excludes halogenated alkanes) is 4. The summed E-state index contributed by atoms with van der Waals surface area (Å²) < 4.78 is 10.2. The Morgan fingerprint density at radius 3 is 1.47 bits per heavy atom. The molecule has 0 heterocycles. The van der Waals surface area contributed by atoms with E-state index < -0.39 is 17.4 Å². The van der Waals surface area contributed by atoms with Crippen LogP contribution in [-0.2, 0) is 19.1 Å². The van der Waals surface area contributed by atoms with Crippen LogP contribution in [0.1, 0.15) is 66.2 Å². The van der Waals surface area contributed by atoms with Gasteiger partial charge in [0.1, 0.15) is 0 Å². The van der Waals surface area contributed by atoms with Crippen LogP contribution in [0.4, 0.5) is 0 Å². The minimum absolute atomic E-state index is 0.374. The Morgan fingerprint density at radius 1 is 0.789 bits per heavy atom. The fourth-order valence-electron chi connectivity index (χ4n) is 1.48. The van der Waals surface area contributed by atoms with Crippen LogP contribution in [0.3, 0.4) is 0 Å². The van der Waals surface area contributed by atoms with E-state index >= 15 is 0 Å². The molecule has 0 amide bonds. The van der Waals surface area contributed by atoms with Gasteiger partial charge in [-0.05, 0) is 26.7 Å². The van der Waals surface area contributed by atoms with Gasteiger partial charge in [0.2, 0.25) is 0 Å². The molecule has 0 fully saturated rings. The first kappa shape index (κ1) is 17.9. The number of esters is 2. The van der Waals surface area contributed by atoms with Crippen molar-refractivity contribution in [2.24, 2.45) is 5.41 Å². The van der Waals surface area contributed by atoms with Crippen molar-refractivity contribution in [3.8, 4) is 0 Å².